The SMILES string of the molecule is COc1cc2c(cc1CNCCN1CCCC1)NC(C)=Nc1ccccc1-2. The normalized spacial score (nSPS) is 16.1. The molecule has 2 aromatic rings. The van der Waals surface area contributed by atoms with Crippen LogP contribution >= 0.6 is 0 Å². The van der Waals surface area contributed by atoms with Gasteiger partial charge in [-0.2, -0.15) is 0 Å². The van der Waals surface area contributed by atoms with Crippen LogP contribution in [0.3, 0.4) is 0 Å². The van der Waals surface area contributed by atoms with Crippen molar-refractivity contribution in [3.63, 3.8) is 0 Å². The highest BCUT2D eigenvalue weighted by Crippen LogP contribution is 2.41. The minimum Gasteiger partial charge on any atom is -0.496 e. The summed E-state index contributed by atoms with van der Waals surface area (Å²) in [7, 11) is 1.74. The van der Waals surface area contributed by atoms with Gasteiger partial charge in [-0.15, -0.1) is 0 Å². The Morgan fingerprint density at radius 2 is 1.96 bits per heavy atom. The van der Waals surface area contributed by atoms with Crippen LogP contribution in [0.2, 0.25) is 0 Å². The molecule has 0 atom stereocenters. The van der Waals surface area contributed by atoms with E-state index < -0.39 is 0 Å². The van der Waals surface area contributed by atoms with Crippen molar-refractivity contribution in [3.05, 3.63) is 42.0 Å². The summed E-state index contributed by atoms with van der Waals surface area (Å²) in [6.07, 6.45) is 2.68. The molecule has 1 fully saturated rings. The van der Waals surface area contributed by atoms with E-state index in [0.29, 0.717) is 0 Å². The number of likely N-dealkylation sites (tertiary alicyclic amines) is 1. The second-order valence-corrected chi connectivity index (χ2v) is 7.27. The summed E-state index contributed by atoms with van der Waals surface area (Å²) < 4.78 is 5.71. The molecular weight excluding hydrogens is 336 g/mol. The van der Waals surface area contributed by atoms with Crippen molar-refractivity contribution in [2.75, 3.05) is 38.6 Å². The number of fused-ring (bicyclic) bond motifs is 3. The highest BCUT2D eigenvalue weighted by molar-refractivity contribution is 6.03. The largest absolute Gasteiger partial charge is 0.496 e. The maximum atomic E-state index is 5.71. The van der Waals surface area contributed by atoms with Crippen LogP contribution in [0.1, 0.15) is 25.3 Å². The summed E-state index contributed by atoms with van der Waals surface area (Å²) in [5.41, 5.74) is 5.49. The van der Waals surface area contributed by atoms with Gasteiger partial charge in [0.25, 0.3) is 0 Å². The van der Waals surface area contributed by atoms with Crippen molar-refractivity contribution in [1.29, 1.82) is 0 Å². The average molecular weight is 364 g/mol. The number of rotatable bonds is 6. The minimum absolute atomic E-state index is 0.795. The number of aliphatic imine (C=N–C) groups is 1. The zero-order valence-corrected chi connectivity index (χ0v) is 16.2. The Kier molecular flexibility index (Phi) is 5.41. The molecule has 142 valence electrons. The number of ether oxygens (including phenoxy) is 1. The molecule has 5 nitrogen and oxygen atoms in total. The average Bonchev–Trinajstić information content (AvgIpc) is 3.14. The molecule has 2 N–H and O–H groups in total. The number of hydrogen-bond donors (Lipinski definition) is 2. The van der Waals surface area contributed by atoms with E-state index in [1.54, 1.807) is 7.11 Å². The molecule has 0 aliphatic carbocycles. The molecular formula is C22H28N4O. The van der Waals surface area contributed by atoms with E-state index in [2.05, 4.69) is 45.9 Å². The Morgan fingerprint density at radius 1 is 1.15 bits per heavy atom. The van der Waals surface area contributed by atoms with Crippen LogP contribution in [0, 0.1) is 0 Å². The van der Waals surface area contributed by atoms with E-state index in [1.165, 1.54) is 25.9 Å². The van der Waals surface area contributed by atoms with E-state index >= 15 is 0 Å². The van der Waals surface area contributed by atoms with Gasteiger partial charge >= 0.3 is 0 Å². The number of amidine groups is 1. The predicted molar refractivity (Wildman–Crippen MR) is 112 cm³/mol. The van der Waals surface area contributed by atoms with E-state index in [-0.39, 0.29) is 0 Å². The Morgan fingerprint density at radius 3 is 2.78 bits per heavy atom. The summed E-state index contributed by atoms with van der Waals surface area (Å²) in [6.45, 7) is 7.40. The molecule has 0 spiro atoms. The van der Waals surface area contributed by atoms with Gasteiger partial charge in [-0.05, 0) is 51.1 Å². The number of anilines is 1. The quantitative estimate of drug-likeness (QED) is 0.760. The second kappa shape index (κ2) is 8.11. The molecule has 0 amide bonds. The Labute approximate surface area is 161 Å². The zero-order chi connectivity index (χ0) is 18.6. The van der Waals surface area contributed by atoms with Gasteiger partial charge in [-0.3, -0.25) is 0 Å². The van der Waals surface area contributed by atoms with E-state index in [9.17, 15) is 0 Å². The summed E-state index contributed by atoms with van der Waals surface area (Å²) in [5, 5.41) is 7.03. The van der Waals surface area contributed by atoms with Gasteiger partial charge in [0.05, 0.1) is 12.8 Å². The minimum atomic E-state index is 0.795. The number of hydrogen-bond acceptors (Lipinski definition) is 5. The molecule has 2 aliphatic heterocycles. The lowest BCUT2D eigenvalue weighted by Gasteiger charge is -2.18. The van der Waals surface area contributed by atoms with Gasteiger partial charge in [0.15, 0.2) is 0 Å². The number of nitrogens with one attached hydrogen (secondary N) is 2. The van der Waals surface area contributed by atoms with Crippen molar-refractivity contribution >= 4 is 17.2 Å². The molecule has 5 heteroatoms. The Hall–Kier alpha value is -2.37. The number of nitrogens with zero attached hydrogens (tertiary/aromatic N) is 2. The smallest absolute Gasteiger partial charge is 0.124 e. The summed E-state index contributed by atoms with van der Waals surface area (Å²) in [5.74, 6) is 1.82. The second-order valence-electron chi connectivity index (χ2n) is 7.27. The third-order valence-corrected chi connectivity index (χ3v) is 5.34. The summed E-state index contributed by atoms with van der Waals surface area (Å²) >= 11 is 0. The van der Waals surface area contributed by atoms with E-state index in [1.807, 2.05) is 13.0 Å². The van der Waals surface area contributed by atoms with Gasteiger partial charge in [0, 0.05) is 42.0 Å². The van der Waals surface area contributed by atoms with Crippen LogP contribution in [0.5, 0.6) is 5.75 Å². The predicted octanol–water partition coefficient (Wildman–Crippen LogP) is 4.02. The maximum absolute atomic E-state index is 5.71. The fraction of sp³-hybridized carbons (Fsp3) is 0.409. The van der Waals surface area contributed by atoms with Crippen molar-refractivity contribution in [1.82, 2.24) is 10.2 Å². The van der Waals surface area contributed by atoms with Gasteiger partial charge in [0.2, 0.25) is 0 Å². The van der Waals surface area contributed by atoms with Crippen LogP contribution in [0.4, 0.5) is 11.4 Å². The summed E-state index contributed by atoms with van der Waals surface area (Å²) in [4.78, 5) is 7.23. The lowest BCUT2D eigenvalue weighted by atomic mass is 9.99. The van der Waals surface area contributed by atoms with Crippen LogP contribution in [-0.2, 0) is 6.54 Å². The molecule has 2 heterocycles. The molecule has 27 heavy (non-hydrogen) atoms. The van der Waals surface area contributed by atoms with Crippen LogP contribution in [0.25, 0.3) is 11.1 Å². The first kappa shape index (κ1) is 18.0. The third kappa shape index (κ3) is 3.99. The van der Waals surface area contributed by atoms with Crippen molar-refractivity contribution < 1.29 is 4.74 Å². The van der Waals surface area contributed by atoms with Crippen molar-refractivity contribution in [2.24, 2.45) is 4.99 Å². The first-order valence-electron chi connectivity index (χ1n) is 9.80. The number of benzene rings is 2. The first-order valence-corrected chi connectivity index (χ1v) is 9.80. The molecule has 2 aliphatic rings. The highest BCUT2D eigenvalue weighted by Gasteiger charge is 2.18. The van der Waals surface area contributed by atoms with Crippen LogP contribution < -0.4 is 15.4 Å². The molecule has 0 saturated carbocycles. The maximum Gasteiger partial charge on any atom is 0.124 e. The van der Waals surface area contributed by atoms with Gasteiger partial charge in [-0.1, -0.05) is 18.2 Å². The number of methoxy groups -OCH3 is 1. The molecule has 1 saturated heterocycles. The topological polar surface area (TPSA) is 48.9 Å². The fourth-order valence-electron chi connectivity index (χ4n) is 3.95. The standard InChI is InChI=1S/C22H28N4O/c1-16-24-20-8-4-3-7-18(20)19-14-22(27-2)17(13-21(19)25-16)15-23-9-12-26-10-5-6-11-26/h3-4,7-8,13-14,23H,5-6,9-12,15H2,1-2H3,(H,24,25). The van der Waals surface area contributed by atoms with Crippen LogP contribution in [0.15, 0.2) is 41.4 Å². The monoisotopic (exact) mass is 364 g/mol. The van der Waals surface area contributed by atoms with Gasteiger partial charge in [0.1, 0.15) is 11.6 Å². The highest BCUT2D eigenvalue weighted by atomic mass is 16.5. The summed E-state index contributed by atoms with van der Waals surface area (Å²) in [6, 6.07) is 12.6. The first-order chi connectivity index (χ1) is 13.2. The Bertz CT molecular complexity index is 840. The van der Waals surface area contributed by atoms with Gasteiger partial charge < -0.3 is 20.3 Å². The van der Waals surface area contributed by atoms with E-state index in [4.69, 9.17) is 9.73 Å². The molecule has 0 unspecified atom stereocenters. The van der Waals surface area contributed by atoms with Crippen LogP contribution in [-0.4, -0.2) is 44.0 Å². The lowest BCUT2D eigenvalue weighted by Crippen LogP contribution is -2.29. The molecule has 2 aromatic carbocycles. The zero-order valence-electron chi connectivity index (χ0n) is 16.2. The molecule has 0 aromatic heterocycles. The molecule has 0 bridgehead atoms. The lowest BCUT2D eigenvalue weighted by molar-refractivity contribution is 0.335. The van der Waals surface area contributed by atoms with Gasteiger partial charge in [-0.25, -0.2) is 4.99 Å². The third-order valence-electron chi connectivity index (χ3n) is 5.34. The van der Waals surface area contributed by atoms with Crippen molar-refractivity contribution in [2.45, 2.75) is 26.3 Å². The Balaban J connectivity index is 1.55. The number of para-hydroxylation sites is 1. The fourth-order valence-corrected chi connectivity index (χ4v) is 3.95. The van der Waals surface area contributed by atoms with E-state index in [0.717, 1.165) is 59.3 Å². The molecule has 0 radical (unpaired) electrons. The molecule has 4 rings (SSSR count). The van der Waals surface area contributed by atoms with Crippen molar-refractivity contribution in [3.8, 4) is 16.9 Å².